The molecule has 6 nitrogen and oxygen atoms in total. The third-order valence-electron chi connectivity index (χ3n) is 4.53. The van der Waals surface area contributed by atoms with Crippen LogP contribution in [0.25, 0.3) is 0 Å². The van der Waals surface area contributed by atoms with Gasteiger partial charge < -0.3 is 15.5 Å². The van der Waals surface area contributed by atoms with Crippen LogP contribution in [0.2, 0.25) is 0 Å². The van der Waals surface area contributed by atoms with Crippen molar-refractivity contribution in [2.45, 2.75) is 13.0 Å². The van der Waals surface area contributed by atoms with Crippen molar-refractivity contribution in [3.05, 3.63) is 72.3 Å². The number of benzene rings is 2. The zero-order chi connectivity index (χ0) is 20.8. The van der Waals surface area contributed by atoms with Crippen LogP contribution in [-0.2, 0) is 6.54 Å². The Morgan fingerprint density at radius 1 is 1.14 bits per heavy atom. The van der Waals surface area contributed by atoms with E-state index in [-0.39, 0.29) is 24.2 Å². The van der Waals surface area contributed by atoms with E-state index in [9.17, 15) is 18.4 Å². The summed E-state index contributed by atoms with van der Waals surface area (Å²) in [6.07, 6.45) is 2.30. The van der Waals surface area contributed by atoms with Crippen molar-refractivity contribution in [2.75, 3.05) is 29.9 Å². The van der Waals surface area contributed by atoms with Crippen molar-refractivity contribution in [3.63, 3.8) is 0 Å². The molecule has 1 fully saturated rings. The highest BCUT2D eigenvalue weighted by atomic mass is 19.1. The number of halogens is 2. The first-order valence-corrected chi connectivity index (χ1v) is 9.24. The van der Waals surface area contributed by atoms with Crippen molar-refractivity contribution in [3.8, 4) is 0 Å². The minimum absolute atomic E-state index is 0.0740. The average Bonchev–Trinajstić information content (AvgIpc) is 2.70. The van der Waals surface area contributed by atoms with Gasteiger partial charge in [-0.15, -0.1) is 6.58 Å². The zero-order valence-corrected chi connectivity index (χ0v) is 15.8. The van der Waals surface area contributed by atoms with E-state index in [2.05, 4.69) is 17.2 Å². The van der Waals surface area contributed by atoms with E-state index in [1.165, 1.54) is 17.0 Å². The van der Waals surface area contributed by atoms with E-state index in [0.717, 1.165) is 12.5 Å². The molecule has 1 saturated heterocycles. The molecule has 0 atom stereocenters. The molecule has 0 saturated carbocycles. The minimum atomic E-state index is -0.667. The second-order valence-corrected chi connectivity index (χ2v) is 6.62. The Balaban J connectivity index is 1.66. The summed E-state index contributed by atoms with van der Waals surface area (Å²) in [7, 11) is 0. The van der Waals surface area contributed by atoms with Crippen molar-refractivity contribution < 1.29 is 18.4 Å². The lowest BCUT2D eigenvalue weighted by Crippen LogP contribution is -2.49. The number of hydrogen-bond acceptors (Lipinski definition) is 2. The lowest BCUT2D eigenvalue weighted by molar-refractivity contribution is 0.191. The van der Waals surface area contributed by atoms with Gasteiger partial charge in [-0.1, -0.05) is 12.1 Å². The highest BCUT2D eigenvalue weighted by molar-refractivity contribution is 5.94. The summed E-state index contributed by atoms with van der Waals surface area (Å²) in [5.41, 5.74) is 1.54. The summed E-state index contributed by atoms with van der Waals surface area (Å²) in [6.45, 7) is 4.99. The summed E-state index contributed by atoms with van der Waals surface area (Å²) >= 11 is 0. The SMILES string of the molecule is C=CCNC(=O)Nc1ccc(N2CCCN(Cc3ccc(F)cc3F)C2=O)cc1. The summed E-state index contributed by atoms with van der Waals surface area (Å²) in [6, 6.07) is 9.65. The molecule has 0 radical (unpaired) electrons. The predicted octanol–water partition coefficient (Wildman–Crippen LogP) is 4.10. The van der Waals surface area contributed by atoms with Gasteiger partial charge in [-0.2, -0.15) is 0 Å². The first kappa shape index (κ1) is 20.3. The summed E-state index contributed by atoms with van der Waals surface area (Å²) in [5, 5.41) is 5.30. The molecule has 1 heterocycles. The quantitative estimate of drug-likeness (QED) is 0.717. The van der Waals surface area contributed by atoms with Gasteiger partial charge in [-0.3, -0.25) is 4.90 Å². The zero-order valence-electron chi connectivity index (χ0n) is 15.8. The number of rotatable bonds is 6. The Hall–Kier alpha value is -3.42. The third-order valence-corrected chi connectivity index (χ3v) is 4.53. The van der Waals surface area contributed by atoms with E-state index in [1.807, 2.05) is 0 Å². The first-order valence-electron chi connectivity index (χ1n) is 9.24. The van der Waals surface area contributed by atoms with Crippen LogP contribution in [0.5, 0.6) is 0 Å². The normalized spacial score (nSPS) is 13.9. The summed E-state index contributed by atoms with van der Waals surface area (Å²) in [5.74, 6) is -1.31. The molecule has 0 spiro atoms. The Bertz CT molecular complexity index is 902. The average molecular weight is 400 g/mol. The number of anilines is 2. The van der Waals surface area contributed by atoms with E-state index < -0.39 is 11.6 Å². The molecule has 1 aliphatic heterocycles. The molecule has 1 aliphatic rings. The predicted molar refractivity (Wildman–Crippen MR) is 108 cm³/mol. The molecule has 2 aromatic carbocycles. The molecule has 4 amide bonds. The Morgan fingerprint density at radius 3 is 2.59 bits per heavy atom. The molecule has 152 valence electrons. The maximum atomic E-state index is 13.9. The van der Waals surface area contributed by atoms with Crippen LogP contribution in [0, 0.1) is 11.6 Å². The van der Waals surface area contributed by atoms with Crippen molar-refractivity contribution in [2.24, 2.45) is 0 Å². The largest absolute Gasteiger partial charge is 0.334 e. The number of urea groups is 2. The fourth-order valence-corrected chi connectivity index (χ4v) is 3.09. The molecule has 0 unspecified atom stereocenters. The molecule has 2 aromatic rings. The van der Waals surface area contributed by atoms with E-state index in [1.54, 1.807) is 35.2 Å². The standard InChI is InChI=1S/C21H22F2N4O2/c1-2-10-24-20(28)25-17-6-8-18(9-7-17)27-12-3-11-26(21(27)29)14-15-4-5-16(22)13-19(15)23/h2,4-9,13H,1,3,10-12,14H2,(H2,24,25,28). The number of nitrogens with zero attached hydrogens (tertiary/aromatic N) is 2. The van der Waals surface area contributed by atoms with Gasteiger partial charge in [-0.25, -0.2) is 18.4 Å². The van der Waals surface area contributed by atoms with Crippen LogP contribution in [-0.4, -0.2) is 36.6 Å². The van der Waals surface area contributed by atoms with Gasteiger partial charge in [0.2, 0.25) is 0 Å². The maximum Gasteiger partial charge on any atom is 0.324 e. The van der Waals surface area contributed by atoms with E-state index in [0.29, 0.717) is 31.0 Å². The van der Waals surface area contributed by atoms with Crippen molar-refractivity contribution >= 4 is 23.4 Å². The van der Waals surface area contributed by atoms with Gasteiger partial charge in [0.15, 0.2) is 0 Å². The van der Waals surface area contributed by atoms with Gasteiger partial charge >= 0.3 is 12.1 Å². The van der Waals surface area contributed by atoms with Crippen LogP contribution >= 0.6 is 0 Å². The number of hydrogen-bond donors (Lipinski definition) is 2. The van der Waals surface area contributed by atoms with E-state index >= 15 is 0 Å². The maximum absolute atomic E-state index is 13.9. The first-order chi connectivity index (χ1) is 14.0. The van der Waals surface area contributed by atoms with Gasteiger partial charge in [0.1, 0.15) is 11.6 Å². The fraction of sp³-hybridized carbons (Fsp3) is 0.238. The molecule has 2 N–H and O–H groups in total. The number of nitrogens with one attached hydrogen (secondary N) is 2. The Labute approximate surface area is 167 Å². The summed E-state index contributed by atoms with van der Waals surface area (Å²) < 4.78 is 27.0. The molecule has 0 aliphatic carbocycles. The second kappa shape index (κ2) is 9.18. The number of amides is 4. The third kappa shape index (κ3) is 5.10. The van der Waals surface area contributed by atoms with Crippen LogP contribution in [0.15, 0.2) is 55.1 Å². The fourth-order valence-electron chi connectivity index (χ4n) is 3.09. The Morgan fingerprint density at radius 2 is 1.90 bits per heavy atom. The molecule has 3 rings (SSSR count). The lowest BCUT2D eigenvalue weighted by Gasteiger charge is -2.35. The van der Waals surface area contributed by atoms with Gasteiger partial charge in [0, 0.05) is 42.6 Å². The topological polar surface area (TPSA) is 64.7 Å². The Kier molecular flexibility index (Phi) is 6.43. The monoisotopic (exact) mass is 400 g/mol. The second-order valence-electron chi connectivity index (χ2n) is 6.62. The highest BCUT2D eigenvalue weighted by Gasteiger charge is 2.27. The molecular weight excluding hydrogens is 378 g/mol. The van der Waals surface area contributed by atoms with Gasteiger partial charge in [0.25, 0.3) is 0 Å². The van der Waals surface area contributed by atoms with Crippen LogP contribution in [0.1, 0.15) is 12.0 Å². The highest BCUT2D eigenvalue weighted by Crippen LogP contribution is 2.24. The lowest BCUT2D eigenvalue weighted by atomic mass is 10.1. The van der Waals surface area contributed by atoms with Crippen LogP contribution < -0.4 is 15.5 Å². The molecule has 0 bridgehead atoms. The van der Waals surface area contributed by atoms with Crippen LogP contribution in [0.3, 0.4) is 0 Å². The number of carbonyl (C=O) groups is 2. The van der Waals surface area contributed by atoms with Crippen molar-refractivity contribution in [1.82, 2.24) is 10.2 Å². The minimum Gasteiger partial charge on any atom is -0.334 e. The van der Waals surface area contributed by atoms with Gasteiger partial charge in [0.05, 0.1) is 6.54 Å². The smallest absolute Gasteiger partial charge is 0.324 e. The molecule has 0 aromatic heterocycles. The van der Waals surface area contributed by atoms with Gasteiger partial charge in [-0.05, 0) is 36.8 Å². The van der Waals surface area contributed by atoms with Crippen LogP contribution in [0.4, 0.5) is 29.7 Å². The number of carbonyl (C=O) groups excluding carboxylic acids is 2. The molecule has 8 heteroatoms. The van der Waals surface area contributed by atoms with E-state index in [4.69, 9.17) is 0 Å². The molecule has 29 heavy (non-hydrogen) atoms. The van der Waals surface area contributed by atoms with Crippen molar-refractivity contribution in [1.29, 1.82) is 0 Å². The summed E-state index contributed by atoms with van der Waals surface area (Å²) in [4.78, 5) is 27.7. The molecular formula is C21H22F2N4O2.